The number of anilines is 1. The van der Waals surface area contributed by atoms with E-state index < -0.39 is 0 Å². The lowest BCUT2D eigenvalue weighted by molar-refractivity contribution is -0.116. The molecule has 1 amide bonds. The SMILES string of the molecule is CCOCCCn1c(SCC(=O)c2ccc3c(c2)CCC(=O)N3)nc2ccccc2c1=O. The van der Waals surface area contributed by atoms with Crippen LogP contribution in [-0.4, -0.2) is 40.2 Å². The molecule has 2 heterocycles. The van der Waals surface area contributed by atoms with Crippen molar-refractivity contribution in [1.82, 2.24) is 9.55 Å². The summed E-state index contributed by atoms with van der Waals surface area (Å²) in [7, 11) is 0. The van der Waals surface area contributed by atoms with E-state index >= 15 is 0 Å². The number of ketones is 1. The zero-order valence-corrected chi connectivity index (χ0v) is 18.7. The van der Waals surface area contributed by atoms with Crippen molar-refractivity contribution in [3.8, 4) is 0 Å². The minimum absolute atomic E-state index is 0.00295. The number of Topliss-reactive ketones (excluding diaryl/α,β-unsaturated/α-hetero) is 1. The molecule has 0 aliphatic carbocycles. The molecule has 32 heavy (non-hydrogen) atoms. The van der Waals surface area contributed by atoms with Crippen molar-refractivity contribution in [1.29, 1.82) is 0 Å². The maximum Gasteiger partial charge on any atom is 0.262 e. The molecule has 7 nitrogen and oxygen atoms in total. The Hall–Kier alpha value is -2.97. The molecule has 4 rings (SSSR count). The molecule has 1 aliphatic rings. The minimum Gasteiger partial charge on any atom is -0.382 e. The van der Waals surface area contributed by atoms with Crippen LogP contribution < -0.4 is 10.9 Å². The van der Waals surface area contributed by atoms with Crippen molar-refractivity contribution in [2.75, 3.05) is 24.3 Å². The summed E-state index contributed by atoms with van der Waals surface area (Å²) < 4.78 is 7.05. The van der Waals surface area contributed by atoms with Gasteiger partial charge in [-0.2, -0.15) is 0 Å². The largest absolute Gasteiger partial charge is 0.382 e. The van der Waals surface area contributed by atoms with Crippen LogP contribution in [0.1, 0.15) is 35.7 Å². The summed E-state index contributed by atoms with van der Waals surface area (Å²) in [6.45, 7) is 3.60. The predicted molar refractivity (Wildman–Crippen MR) is 126 cm³/mol. The number of para-hydroxylation sites is 1. The maximum absolute atomic E-state index is 13.1. The van der Waals surface area contributed by atoms with Crippen molar-refractivity contribution in [3.63, 3.8) is 0 Å². The second kappa shape index (κ2) is 10.1. The Morgan fingerprint density at radius 3 is 2.88 bits per heavy atom. The highest BCUT2D eigenvalue weighted by Gasteiger charge is 2.18. The lowest BCUT2D eigenvalue weighted by atomic mass is 9.99. The van der Waals surface area contributed by atoms with Crippen LogP contribution in [0.4, 0.5) is 5.69 Å². The van der Waals surface area contributed by atoms with E-state index in [0.717, 1.165) is 11.3 Å². The van der Waals surface area contributed by atoms with Gasteiger partial charge in [0.25, 0.3) is 5.56 Å². The molecular weight excluding hydrogens is 426 g/mol. The van der Waals surface area contributed by atoms with Crippen molar-refractivity contribution >= 4 is 40.0 Å². The molecule has 0 radical (unpaired) electrons. The molecule has 8 heteroatoms. The van der Waals surface area contributed by atoms with Gasteiger partial charge in [-0.25, -0.2) is 4.98 Å². The summed E-state index contributed by atoms with van der Waals surface area (Å²) in [4.78, 5) is 42.2. The lowest BCUT2D eigenvalue weighted by Gasteiger charge is -2.17. The first-order valence-electron chi connectivity index (χ1n) is 10.7. The smallest absolute Gasteiger partial charge is 0.262 e. The highest BCUT2D eigenvalue weighted by Crippen LogP contribution is 2.25. The van der Waals surface area contributed by atoms with Gasteiger partial charge in [-0.15, -0.1) is 0 Å². The number of amides is 1. The molecule has 3 aromatic rings. The summed E-state index contributed by atoms with van der Waals surface area (Å²) in [6, 6.07) is 12.6. The first-order valence-corrected chi connectivity index (χ1v) is 11.7. The topological polar surface area (TPSA) is 90.3 Å². The molecule has 0 spiro atoms. The summed E-state index contributed by atoms with van der Waals surface area (Å²) in [5, 5.41) is 3.93. The van der Waals surface area contributed by atoms with Gasteiger partial charge in [-0.3, -0.25) is 19.0 Å². The van der Waals surface area contributed by atoms with Gasteiger partial charge in [0.15, 0.2) is 10.9 Å². The second-order valence-corrected chi connectivity index (χ2v) is 8.49. The molecule has 1 aliphatic heterocycles. The number of aryl methyl sites for hydroxylation is 1. The van der Waals surface area contributed by atoms with E-state index in [1.165, 1.54) is 11.8 Å². The number of hydrogen-bond acceptors (Lipinski definition) is 6. The number of ether oxygens (including phenoxy) is 1. The third kappa shape index (κ3) is 4.92. The van der Waals surface area contributed by atoms with Gasteiger partial charge in [0, 0.05) is 37.4 Å². The Morgan fingerprint density at radius 2 is 2.03 bits per heavy atom. The number of aromatic nitrogens is 2. The standard InChI is InChI=1S/C24H25N3O4S/c1-2-31-13-5-12-27-23(30)18-6-3-4-7-20(18)26-24(27)32-15-21(28)17-8-10-19-16(14-17)9-11-22(29)25-19/h3-4,6-8,10,14H,2,5,9,11-13,15H2,1H3,(H,25,29). The Morgan fingerprint density at radius 1 is 1.19 bits per heavy atom. The van der Waals surface area contributed by atoms with Crippen LogP contribution in [0.3, 0.4) is 0 Å². The molecule has 1 aromatic heterocycles. The van der Waals surface area contributed by atoms with E-state index in [1.54, 1.807) is 22.8 Å². The van der Waals surface area contributed by atoms with Gasteiger partial charge in [0.1, 0.15) is 0 Å². The molecule has 0 unspecified atom stereocenters. The van der Waals surface area contributed by atoms with Crippen LogP contribution >= 0.6 is 11.8 Å². The number of hydrogen-bond donors (Lipinski definition) is 1. The molecule has 0 saturated carbocycles. The molecule has 0 atom stereocenters. The van der Waals surface area contributed by atoms with Crippen LogP contribution in [0.25, 0.3) is 10.9 Å². The van der Waals surface area contributed by atoms with E-state index in [2.05, 4.69) is 10.3 Å². The number of carbonyl (C=O) groups excluding carboxylic acids is 2. The van der Waals surface area contributed by atoms with Gasteiger partial charge in [-0.1, -0.05) is 23.9 Å². The van der Waals surface area contributed by atoms with Crippen LogP contribution in [0.2, 0.25) is 0 Å². The predicted octanol–water partition coefficient (Wildman–Crippen LogP) is 3.68. The fraction of sp³-hybridized carbons (Fsp3) is 0.333. The van der Waals surface area contributed by atoms with E-state index in [0.29, 0.717) is 60.6 Å². The van der Waals surface area contributed by atoms with Crippen LogP contribution in [-0.2, 0) is 22.5 Å². The molecule has 0 bridgehead atoms. The summed E-state index contributed by atoms with van der Waals surface area (Å²) >= 11 is 1.27. The zero-order valence-electron chi connectivity index (χ0n) is 17.9. The third-order valence-electron chi connectivity index (χ3n) is 5.36. The number of rotatable bonds is 9. The first kappa shape index (κ1) is 22.2. The highest BCUT2D eigenvalue weighted by molar-refractivity contribution is 7.99. The molecule has 0 fully saturated rings. The monoisotopic (exact) mass is 451 g/mol. The molecular formula is C24H25N3O4S. The van der Waals surface area contributed by atoms with Gasteiger partial charge in [0.05, 0.1) is 16.7 Å². The fourth-order valence-electron chi connectivity index (χ4n) is 3.69. The summed E-state index contributed by atoms with van der Waals surface area (Å²) in [5.74, 6) is 0.122. The Kier molecular flexibility index (Phi) is 7.02. The summed E-state index contributed by atoms with van der Waals surface area (Å²) in [5.41, 5.74) is 2.85. The number of nitrogens with one attached hydrogen (secondary N) is 1. The van der Waals surface area contributed by atoms with Crippen molar-refractivity contribution in [3.05, 3.63) is 63.9 Å². The Bertz CT molecular complexity index is 1220. The third-order valence-corrected chi connectivity index (χ3v) is 6.33. The number of benzene rings is 2. The van der Waals surface area contributed by atoms with Crippen LogP contribution in [0.15, 0.2) is 52.4 Å². The quantitative estimate of drug-likeness (QED) is 0.231. The van der Waals surface area contributed by atoms with Gasteiger partial charge in [-0.05, 0) is 55.7 Å². The van der Waals surface area contributed by atoms with Gasteiger partial charge >= 0.3 is 0 Å². The molecule has 0 saturated heterocycles. The highest BCUT2D eigenvalue weighted by atomic mass is 32.2. The van der Waals surface area contributed by atoms with Crippen LogP contribution in [0.5, 0.6) is 0 Å². The number of fused-ring (bicyclic) bond motifs is 2. The molecule has 166 valence electrons. The van der Waals surface area contributed by atoms with Crippen molar-refractivity contribution in [2.24, 2.45) is 0 Å². The van der Waals surface area contributed by atoms with Crippen LogP contribution in [0, 0.1) is 0 Å². The van der Waals surface area contributed by atoms with E-state index in [9.17, 15) is 14.4 Å². The second-order valence-electron chi connectivity index (χ2n) is 7.55. The first-order chi connectivity index (χ1) is 15.6. The van der Waals surface area contributed by atoms with Crippen molar-refractivity contribution in [2.45, 2.75) is 37.9 Å². The Labute approximate surface area is 190 Å². The fourth-order valence-corrected chi connectivity index (χ4v) is 4.61. The normalized spacial score (nSPS) is 13.1. The average Bonchev–Trinajstić information content (AvgIpc) is 2.81. The number of nitrogens with zero attached hydrogens (tertiary/aromatic N) is 2. The van der Waals surface area contributed by atoms with Crippen molar-refractivity contribution < 1.29 is 14.3 Å². The van der Waals surface area contributed by atoms with E-state index in [-0.39, 0.29) is 23.0 Å². The van der Waals surface area contributed by atoms with Gasteiger partial charge in [0.2, 0.25) is 5.91 Å². The Balaban J connectivity index is 1.54. The number of thioether (sulfide) groups is 1. The van der Waals surface area contributed by atoms with E-state index in [1.807, 2.05) is 31.2 Å². The molecule has 1 N–H and O–H groups in total. The zero-order chi connectivity index (χ0) is 22.5. The average molecular weight is 452 g/mol. The minimum atomic E-state index is -0.105. The number of carbonyl (C=O) groups is 2. The van der Waals surface area contributed by atoms with E-state index in [4.69, 9.17) is 4.74 Å². The maximum atomic E-state index is 13.1. The summed E-state index contributed by atoms with van der Waals surface area (Å²) in [6.07, 6.45) is 1.74. The lowest BCUT2D eigenvalue weighted by Crippen LogP contribution is -2.24. The van der Waals surface area contributed by atoms with Gasteiger partial charge < -0.3 is 10.1 Å². The molecule has 2 aromatic carbocycles.